The van der Waals surface area contributed by atoms with Crippen LogP contribution in [-0.2, 0) is 32.3 Å². The number of esters is 2. The van der Waals surface area contributed by atoms with Gasteiger partial charge in [-0.05, 0) is 47.9 Å². The van der Waals surface area contributed by atoms with Crippen molar-refractivity contribution < 1.29 is 19.1 Å². The van der Waals surface area contributed by atoms with Gasteiger partial charge in [0.1, 0.15) is 13.2 Å². The first-order chi connectivity index (χ1) is 11.4. The molecule has 0 unspecified atom stereocenters. The van der Waals surface area contributed by atoms with Crippen LogP contribution in [0.3, 0.4) is 0 Å². The van der Waals surface area contributed by atoms with Gasteiger partial charge in [0.25, 0.3) is 0 Å². The molecule has 124 valence electrons. The smallest absolute Gasteiger partial charge is 0.333 e. The van der Waals surface area contributed by atoms with Crippen LogP contribution < -0.4 is 0 Å². The van der Waals surface area contributed by atoms with Gasteiger partial charge in [-0.2, -0.15) is 0 Å². The second-order valence-electron chi connectivity index (χ2n) is 5.68. The van der Waals surface area contributed by atoms with Crippen LogP contribution in [-0.4, -0.2) is 11.9 Å². The first kappa shape index (κ1) is 17.5. The van der Waals surface area contributed by atoms with Crippen molar-refractivity contribution in [3.63, 3.8) is 0 Å². The topological polar surface area (TPSA) is 52.6 Å². The van der Waals surface area contributed by atoms with E-state index in [0.29, 0.717) is 11.1 Å². The average molecular weight is 324 g/mol. The van der Waals surface area contributed by atoms with E-state index in [9.17, 15) is 9.59 Å². The molecule has 24 heavy (non-hydrogen) atoms. The third-order valence-corrected chi connectivity index (χ3v) is 3.48. The molecule has 4 heteroatoms. The molecule has 0 aliphatic rings. The van der Waals surface area contributed by atoms with Crippen molar-refractivity contribution in [2.24, 2.45) is 0 Å². The van der Waals surface area contributed by atoms with E-state index in [1.807, 2.05) is 36.4 Å². The summed E-state index contributed by atoms with van der Waals surface area (Å²) in [4.78, 5) is 23.3. The van der Waals surface area contributed by atoms with Gasteiger partial charge in [-0.1, -0.05) is 37.4 Å². The van der Waals surface area contributed by atoms with Crippen molar-refractivity contribution in [3.8, 4) is 0 Å². The highest BCUT2D eigenvalue weighted by Crippen LogP contribution is 2.22. The van der Waals surface area contributed by atoms with E-state index in [0.717, 1.165) is 21.9 Å². The fraction of sp³-hybridized carbons (Fsp3) is 0.200. The van der Waals surface area contributed by atoms with Crippen molar-refractivity contribution >= 4 is 22.7 Å². The van der Waals surface area contributed by atoms with Gasteiger partial charge in [-0.15, -0.1) is 0 Å². The molecule has 2 aromatic carbocycles. The Morgan fingerprint density at radius 1 is 0.833 bits per heavy atom. The highest BCUT2D eigenvalue weighted by Gasteiger charge is 2.11. The lowest BCUT2D eigenvalue weighted by Gasteiger charge is -2.13. The number of hydrogen-bond acceptors (Lipinski definition) is 4. The molecule has 2 aromatic rings. The summed E-state index contributed by atoms with van der Waals surface area (Å²) in [6, 6.07) is 11.7. The fourth-order valence-electron chi connectivity index (χ4n) is 2.14. The number of rotatable bonds is 6. The van der Waals surface area contributed by atoms with Crippen LogP contribution in [0.5, 0.6) is 0 Å². The molecule has 4 nitrogen and oxygen atoms in total. The van der Waals surface area contributed by atoms with Crippen LogP contribution in [0.2, 0.25) is 0 Å². The Labute approximate surface area is 141 Å². The molecule has 0 atom stereocenters. The van der Waals surface area contributed by atoms with E-state index < -0.39 is 11.9 Å². The maximum Gasteiger partial charge on any atom is 0.333 e. The van der Waals surface area contributed by atoms with Crippen LogP contribution in [0.4, 0.5) is 0 Å². The molecule has 0 aliphatic heterocycles. The zero-order valence-electron chi connectivity index (χ0n) is 13.9. The molecule has 0 heterocycles. The number of ether oxygens (including phenoxy) is 2. The first-order valence-corrected chi connectivity index (χ1v) is 7.54. The van der Waals surface area contributed by atoms with Crippen LogP contribution in [0, 0.1) is 0 Å². The Morgan fingerprint density at radius 2 is 1.21 bits per heavy atom. The molecule has 2 rings (SSSR count). The van der Waals surface area contributed by atoms with E-state index in [2.05, 4.69) is 13.2 Å². The molecular formula is C20H20O4. The first-order valence-electron chi connectivity index (χ1n) is 7.54. The molecule has 0 saturated carbocycles. The van der Waals surface area contributed by atoms with Gasteiger partial charge >= 0.3 is 11.9 Å². The van der Waals surface area contributed by atoms with Crippen LogP contribution in [0.25, 0.3) is 10.8 Å². The molecule has 0 N–H and O–H groups in total. The predicted octanol–water partition coefficient (Wildman–Crippen LogP) is 4.08. The Kier molecular flexibility index (Phi) is 5.53. The van der Waals surface area contributed by atoms with Crippen molar-refractivity contribution in [1.29, 1.82) is 0 Å². The van der Waals surface area contributed by atoms with E-state index >= 15 is 0 Å². The Bertz CT molecular complexity index is 749. The van der Waals surface area contributed by atoms with Crippen molar-refractivity contribution in [2.75, 3.05) is 0 Å². The minimum Gasteiger partial charge on any atom is -0.457 e. The highest BCUT2D eigenvalue weighted by molar-refractivity contribution is 5.88. The molecule has 0 amide bonds. The van der Waals surface area contributed by atoms with Crippen LogP contribution in [0.15, 0.2) is 60.7 Å². The van der Waals surface area contributed by atoms with Gasteiger partial charge < -0.3 is 9.47 Å². The maximum absolute atomic E-state index is 11.6. The third-order valence-electron chi connectivity index (χ3n) is 3.48. The van der Waals surface area contributed by atoms with Gasteiger partial charge in [-0.3, -0.25) is 0 Å². The summed E-state index contributed by atoms with van der Waals surface area (Å²) in [5.74, 6) is -0.902. The van der Waals surface area contributed by atoms with Gasteiger partial charge in [-0.25, -0.2) is 9.59 Å². The molecule has 0 bridgehead atoms. The van der Waals surface area contributed by atoms with Gasteiger partial charge in [0.2, 0.25) is 0 Å². The van der Waals surface area contributed by atoms with Crippen molar-refractivity contribution in [1.82, 2.24) is 0 Å². The Hall–Kier alpha value is -2.88. The van der Waals surface area contributed by atoms with Crippen LogP contribution >= 0.6 is 0 Å². The minimum atomic E-state index is -0.451. The molecular weight excluding hydrogens is 304 g/mol. The number of fused-ring (bicyclic) bond motifs is 1. The summed E-state index contributed by atoms with van der Waals surface area (Å²) in [5.41, 5.74) is 2.26. The number of hydrogen-bond donors (Lipinski definition) is 0. The zero-order valence-corrected chi connectivity index (χ0v) is 13.9. The molecule has 0 saturated heterocycles. The van der Waals surface area contributed by atoms with Crippen molar-refractivity contribution in [2.45, 2.75) is 27.1 Å². The summed E-state index contributed by atoms with van der Waals surface area (Å²) in [7, 11) is 0. The van der Waals surface area contributed by atoms with E-state index in [1.54, 1.807) is 13.8 Å². The lowest BCUT2D eigenvalue weighted by atomic mass is 10.0. The van der Waals surface area contributed by atoms with Gasteiger partial charge in [0.15, 0.2) is 0 Å². The standard InChI is InChI=1S/C20H20O4/c1-13(2)19(21)23-11-17-9-15-7-5-6-8-16(15)10-18(17)12-24-20(22)14(3)4/h5-10H,1,3,11-12H2,2,4H3. The molecule has 0 radical (unpaired) electrons. The van der Waals surface area contributed by atoms with E-state index in [-0.39, 0.29) is 13.2 Å². The molecule has 0 aliphatic carbocycles. The summed E-state index contributed by atoms with van der Waals surface area (Å²) in [6.07, 6.45) is 0. The second kappa shape index (κ2) is 7.59. The third kappa shape index (κ3) is 4.32. The fourth-order valence-corrected chi connectivity index (χ4v) is 2.14. The van der Waals surface area contributed by atoms with Crippen molar-refractivity contribution in [3.05, 3.63) is 71.8 Å². The number of carbonyl (C=O) groups excluding carboxylic acids is 2. The van der Waals surface area contributed by atoms with Gasteiger partial charge in [0.05, 0.1) is 0 Å². The SMILES string of the molecule is C=C(C)C(=O)OCc1cc2ccccc2cc1COC(=O)C(=C)C. The maximum atomic E-state index is 11.6. The molecule has 0 fully saturated rings. The number of carbonyl (C=O) groups is 2. The average Bonchev–Trinajstić information content (AvgIpc) is 2.56. The van der Waals surface area contributed by atoms with E-state index in [1.165, 1.54) is 0 Å². The summed E-state index contributed by atoms with van der Waals surface area (Å²) in [5, 5.41) is 2.04. The summed E-state index contributed by atoms with van der Waals surface area (Å²) >= 11 is 0. The largest absolute Gasteiger partial charge is 0.457 e. The summed E-state index contributed by atoms with van der Waals surface area (Å²) < 4.78 is 10.5. The predicted molar refractivity (Wildman–Crippen MR) is 93.2 cm³/mol. The highest BCUT2D eigenvalue weighted by atomic mass is 16.5. The normalized spacial score (nSPS) is 10.2. The van der Waals surface area contributed by atoms with Crippen LogP contribution in [0.1, 0.15) is 25.0 Å². The minimum absolute atomic E-state index is 0.0937. The summed E-state index contributed by atoms with van der Waals surface area (Å²) in [6.45, 7) is 10.5. The second-order valence-corrected chi connectivity index (χ2v) is 5.68. The Balaban J connectivity index is 2.29. The quantitative estimate of drug-likeness (QED) is 0.593. The monoisotopic (exact) mass is 324 g/mol. The van der Waals surface area contributed by atoms with E-state index in [4.69, 9.17) is 9.47 Å². The Morgan fingerprint density at radius 3 is 1.54 bits per heavy atom. The zero-order chi connectivity index (χ0) is 17.7. The van der Waals surface area contributed by atoms with Gasteiger partial charge in [0, 0.05) is 11.1 Å². The lowest BCUT2D eigenvalue weighted by Crippen LogP contribution is -2.09. The molecule has 0 spiro atoms. The molecule has 0 aromatic heterocycles. The number of benzene rings is 2. The lowest BCUT2D eigenvalue weighted by molar-refractivity contribution is -0.141.